The first-order chi connectivity index (χ1) is 6.81. The van der Waals surface area contributed by atoms with Crippen LogP contribution in [-0.2, 0) is 0 Å². The second-order valence-electron chi connectivity index (χ2n) is 3.28. The van der Waals surface area contributed by atoms with Gasteiger partial charge in [-0.2, -0.15) is 0 Å². The summed E-state index contributed by atoms with van der Waals surface area (Å²) in [6.45, 7) is 0.792. The van der Waals surface area contributed by atoms with Crippen molar-refractivity contribution in [3.8, 4) is 5.75 Å². The van der Waals surface area contributed by atoms with E-state index in [-0.39, 0.29) is 12.6 Å². The van der Waals surface area contributed by atoms with Crippen LogP contribution in [-0.4, -0.2) is 24.4 Å². The second-order valence-corrected chi connectivity index (χ2v) is 4.14. The highest BCUT2D eigenvalue weighted by Gasteiger charge is 2.19. The quantitative estimate of drug-likeness (QED) is 0.852. The van der Waals surface area contributed by atoms with E-state index in [2.05, 4.69) is 21.2 Å². The Morgan fingerprint density at radius 1 is 1.57 bits per heavy atom. The van der Waals surface area contributed by atoms with Gasteiger partial charge in [0.05, 0.1) is 16.2 Å². The predicted octanol–water partition coefficient (Wildman–Crippen LogP) is 2.00. The van der Waals surface area contributed by atoms with Crippen molar-refractivity contribution in [3.05, 3.63) is 22.7 Å². The summed E-state index contributed by atoms with van der Waals surface area (Å²) < 4.78 is 6.56. The van der Waals surface area contributed by atoms with Gasteiger partial charge in [-0.1, -0.05) is 6.07 Å². The number of hydrogen-bond donors (Lipinski definition) is 2. The summed E-state index contributed by atoms with van der Waals surface area (Å²) in [5.74, 6) is 0.863. The normalized spacial score (nSPS) is 19.4. The fraction of sp³-hybridized carbons (Fsp3) is 0.400. The number of aliphatic hydroxyl groups is 1. The maximum Gasteiger partial charge on any atom is 0.156 e. The van der Waals surface area contributed by atoms with E-state index in [4.69, 9.17) is 9.84 Å². The average Bonchev–Trinajstić information content (AvgIpc) is 2.18. The number of rotatable bonds is 2. The highest BCUT2D eigenvalue weighted by atomic mass is 79.9. The van der Waals surface area contributed by atoms with Crippen LogP contribution in [0.1, 0.15) is 6.42 Å². The molecule has 3 nitrogen and oxygen atoms in total. The van der Waals surface area contributed by atoms with Crippen LogP contribution in [0.25, 0.3) is 0 Å². The van der Waals surface area contributed by atoms with Gasteiger partial charge in [0.25, 0.3) is 0 Å². The number of para-hydroxylation sites is 1. The number of nitrogens with one attached hydrogen (secondary N) is 1. The topological polar surface area (TPSA) is 41.5 Å². The molecule has 14 heavy (non-hydrogen) atoms. The highest BCUT2D eigenvalue weighted by Crippen LogP contribution is 2.36. The lowest BCUT2D eigenvalue weighted by molar-refractivity contribution is 0.232. The van der Waals surface area contributed by atoms with Crippen LogP contribution in [0.5, 0.6) is 5.75 Å². The van der Waals surface area contributed by atoms with Gasteiger partial charge in [0, 0.05) is 6.61 Å². The van der Waals surface area contributed by atoms with Crippen molar-refractivity contribution in [1.29, 1.82) is 0 Å². The molecule has 1 aliphatic rings. The maximum absolute atomic E-state index is 8.82. The Bertz CT molecular complexity index is 330. The van der Waals surface area contributed by atoms with Crippen LogP contribution in [0.4, 0.5) is 5.69 Å². The molecular weight excluding hydrogens is 246 g/mol. The van der Waals surface area contributed by atoms with Crippen LogP contribution >= 0.6 is 15.9 Å². The van der Waals surface area contributed by atoms with Crippen LogP contribution in [0.15, 0.2) is 22.7 Å². The van der Waals surface area contributed by atoms with Gasteiger partial charge in [-0.15, -0.1) is 0 Å². The SMILES string of the molecule is OCCC1COc2c(Br)cccc2N1. The van der Waals surface area contributed by atoms with Crippen LogP contribution in [0, 0.1) is 0 Å². The van der Waals surface area contributed by atoms with E-state index < -0.39 is 0 Å². The first-order valence-electron chi connectivity index (χ1n) is 4.60. The zero-order chi connectivity index (χ0) is 9.97. The number of ether oxygens (including phenoxy) is 1. The van der Waals surface area contributed by atoms with Gasteiger partial charge < -0.3 is 15.2 Å². The van der Waals surface area contributed by atoms with Gasteiger partial charge in [-0.3, -0.25) is 0 Å². The Labute approximate surface area is 91.2 Å². The van der Waals surface area contributed by atoms with Crippen molar-refractivity contribution in [1.82, 2.24) is 0 Å². The second kappa shape index (κ2) is 4.19. The Kier molecular flexibility index (Phi) is 2.93. The Morgan fingerprint density at radius 3 is 3.21 bits per heavy atom. The molecule has 1 atom stereocenters. The zero-order valence-corrected chi connectivity index (χ0v) is 9.25. The van der Waals surface area contributed by atoms with E-state index in [0.717, 1.165) is 15.9 Å². The Balaban J connectivity index is 2.18. The lowest BCUT2D eigenvalue weighted by Crippen LogP contribution is -2.32. The molecule has 2 N–H and O–H groups in total. The third-order valence-corrected chi connectivity index (χ3v) is 2.86. The summed E-state index contributed by atoms with van der Waals surface area (Å²) in [6.07, 6.45) is 0.714. The maximum atomic E-state index is 8.82. The first-order valence-corrected chi connectivity index (χ1v) is 5.39. The molecule has 1 unspecified atom stereocenters. The monoisotopic (exact) mass is 257 g/mol. The number of aliphatic hydroxyl groups excluding tert-OH is 1. The molecule has 0 aromatic heterocycles. The number of benzene rings is 1. The molecule has 1 heterocycles. The Hall–Kier alpha value is -0.740. The van der Waals surface area contributed by atoms with E-state index >= 15 is 0 Å². The largest absolute Gasteiger partial charge is 0.488 e. The van der Waals surface area contributed by atoms with Crippen molar-refractivity contribution in [2.75, 3.05) is 18.5 Å². The number of halogens is 1. The smallest absolute Gasteiger partial charge is 0.156 e. The first kappa shape index (κ1) is 9.80. The molecule has 76 valence electrons. The molecule has 0 fully saturated rings. The molecule has 1 aromatic carbocycles. The van der Waals surface area contributed by atoms with Gasteiger partial charge in [-0.25, -0.2) is 0 Å². The third kappa shape index (κ3) is 1.86. The molecule has 0 amide bonds. The summed E-state index contributed by atoms with van der Waals surface area (Å²) in [6, 6.07) is 6.10. The molecule has 0 radical (unpaired) electrons. The third-order valence-electron chi connectivity index (χ3n) is 2.23. The number of fused-ring (bicyclic) bond motifs is 1. The summed E-state index contributed by atoms with van der Waals surface area (Å²) >= 11 is 3.43. The number of hydrogen-bond acceptors (Lipinski definition) is 3. The van der Waals surface area contributed by atoms with Crippen molar-refractivity contribution in [2.24, 2.45) is 0 Å². The van der Waals surface area contributed by atoms with E-state index in [9.17, 15) is 0 Å². The summed E-state index contributed by atoms with van der Waals surface area (Å²) in [5, 5.41) is 12.1. The lowest BCUT2D eigenvalue weighted by atomic mass is 10.1. The fourth-order valence-electron chi connectivity index (χ4n) is 1.53. The molecule has 1 aliphatic heterocycles. The zero-order valence-electron chi connectivity index (χ0n) is 7.66. The van der Waals surface area contributed by atoms with Gasteiger partial charge in [0.2, 0.25) is 0 Å². The van der Waals surface area contributed by atoms with E-state index in [1.165, 1.54) is 0 Å². The number of anilines is 1. The lowest BCUT2D eigenvalue weighted by Gasteiger charge is -2.27. The van der Waals surface area contributed by atoms with Crippen LogP contribution < -0.4 is 10.1 Å². The predicted molar refractivity (Wildman–Crippen MR) is 58.8 cm³/mol. The van der Waals surface area contributed by atoms with Crippen molar-refractivity contribution in [2.45, 2.75) is 12.5 Å². The van der Waals surface area contributed by atoms with E-state index in [1.807, 2.05) is 18.2 Å². The molecule has 0 aliphatic carbocycles. The summed E-state index contributed by atoms with van der Waals surface area (Å²) in [5.41, 5.74) is 0.990. The molecule has 4 heteroatoms. The molecule has 0 saturated heterocycles. The fourth-order valence-corrected chi connectivity index (χ4v) is 2.01. The van der Waals surface area contributed by atoms with Gasteiger partial charge in [0.15, 0.2) is 5.75 Å². The highest BCUT2D eigenvalue weighted by molar-refractivity contribution is 9.10. The van der Waals surface area contributed by atoms with Crippen LogP contribution in [0.2, 0.25) is 0 Å². The minimum atomic E-state index is 0.185. The van der Waals surface area contributed by atoms with Crippen molar-refractivity contribution >= 4 is 21.6 Å². The molecule has 0 saturated carbocycles. The van der Waals surface area contributed by atoms with Gasteiger partial charge in [-0.05, 0) is 34.5 Å². The van der Waals surface area contributed by atoms with Gasteiger partial charge in [0.1, 0.15) is 6.61 Å². The standard InChI is InChI=1S/C10H12BrNO2/c11-8-2-1-3-9-10(8)14-6-7(12-9)4-5-13/h1-3,7,12-13H,4-6H2. The molecular formula is C10H12BrNO2. The van der Waals surface area contributed by atoms with Gasteiger partial charge >= 0.3 is 0 Å². The van der Waals surface area contributed by atoms with Crippen LogP contribution in [0.3, 0.4) is 0 Å². The average molecular weight is 258 g/mol. The molecule has 1 aromatic rings. The summed E-state index contributed by atoms with van der Waals surface area (Å²) in [4.78, 5) is 0. The van der Waals surface area contributed by atoms with Crippen molar-refractivity contribution in [3.63, 3.8) is 0 Å². The molecule has 0 bridgehead atoms. The van der Waals surface area contributed by atoms with Crippen molar-refractivity contribution < 1.29 is 9.84 Å². The molecule has 2 rings (SSSR count). The summed E-state index contributed by atoms with van der Waals surface area (Å²) in [7, 11) is 0. The minimum Gasteiger partial charge on any atom is -0.488 e. The van der Waals surface area contributed by atoms with E-state index in [1.54, 1.807) is 0 Å². The minimum absolute atomic E-state index is 0.185. The molecule has 0 spiro atoms. The van der Waals surface area contributed by atoms with E-state index in [0.29, 0.717) is 13.0 Å². The Morgan fingerprint density at radius 2 is 2.43 bits per heavy atom.